The van der Waals surface area contributed by atoms with Gasteiger partial charge in [-0.2, -0.15) is 5.10 Å². The van der Waals surface area contributed by atoms with Crippen molar-refractivity contribution >= 4 is 28.1 Å². The summed E-state index contributed by atoms with van der Waals surface area (Å²) in [5.74, 6) is -0.529. The first kappa shape index (κ1) is 10.9. The zero-order valence-corrected chi connectivity index (χ0v) is 10.4. The average Bonchev–Trinajstić information content (AvgIpc) is 2.93. The van der Waals surface area contributed by atoms with E-state index >= 15 is 0 Å². The second-order valence-electron chi connectivity index (χ2n) is 3.97. The molecule has 0 radical (unpaired) electrons. The zero-order chi connectivity index (χ0) is 12.7. The molecule has 0 spiro atoms. The van der Waals surface area contributed by atoms with Gasteiger partial charge in [-0.25, -0.2) is 4.98 Å². The molecule has 5 nitrogen and oxygen atoms in total. The number of benzene rings is 1. The Bertz CT molecular complexity index is 743. The van der Waals surface area contributed by atoms with E-state index in [1.54, 1.807) is 11.3 Å². The lowest BCUT2D eigenvalue weighted by Gasteiger charge is -1.96. The predicted octanol–water partition coefficient (Wildman–Crippen LogP) is 2.09. The minimum Gasteiger partial charge on any atom is -0.364 e. The molecule has 0 saturated heterocycles. The topological polar surface area (TPSA) is 84.7 Å². The van der Waals surface area contributed by atoms with Crippen molar-refractivity contribution in [3.05, 3.63) is 35.0 Å². The number of thiazole rings is 1. The summed E-state index contributed by atoms with van der Waals surface area (Å²) in [5.41, 5.74) is 7.30. The van der Waals surface area contributed by atoms with Gasteiger partial charge in [0.05, 0.1) is 5.52 Å². The number of H-pyrrole nitrogens is 1. The summed E-state index contributed by atoms with van der Waals surface area (Å²) in [5, 5.41) is 8.42. The van der Waals surface area contributed by atoms with E-state index in [0.29, 0.717) is 0 Å². The van der Waals surface area contributed by atoms with E-state index in [9.17, 15) is 4.79 Å². The fourth-order valence-electron chi connectivity index (χ4n) is 1.83. The standard InChI is InChI=1S/C12H10N4OS/c1-6-5-14-12(18-6)7-2-3-8-9(4-7)15-16-10(8)11(13)17/h2-5H,1H3,(H2,13,17)(H,15,16). The summed E-state index contributed by atoms with van der Waals surface area (Å²) in [7, 11) is 0. The summed E-state index contributed by atoms with van der Waals surface area (Å²) < 4.78 is 0. The van der Waals surface area contributed by atoms with Gasteiger partial charge in [-0.3, -0.25) is 9.89 Å². The molecule has 0 unspecified atom stereocenters. The van der Waals surface area contributed by atoms with Crippen molar-refractivity contribution in [2.45, 2.75) is 6.92 Å². The van der Waals surface area contributed by atoms with Crippen LogP contribution in [-0.4, -0.2) is 21.1 Å². The molecule has 3 rings (SSSR count). The molecule has 3 aromatic rings. The van der Waals surface area contributed by atoms with E-state index < -0.39 is 5.91 Å². The minimum absolute atomic E-state index is 0.270. The molecule has 0 aliphatic carbocycles. The Morgan fingerprint density at radius 1 is 1.44 bits per heavy atom. The number of nitrogens with zero attached hydrogens (tertiary/aromatic N) is 2. The van der Waals surface area contributed by atoms with Crippen LogP contribution in [0, 0.1) is 6.92 Å². The molecule has 90 valence electrons. The lowest BCUT2D eigenvalue weighted by molar-refractivity contribution is 0.0997. The van der Waals surface area contributed by atoms with Crippen molar-refractivity contribution in [1.82, 2.24) is 15.2 Å². The van der Waals surface area contributed by atoms with E-state index in [1.807, 2.05) is 31.3 Å². The Morgan fingerprint density at radius 3 is 2.94 bits per heavy atom. The van der Waals surface area contributed by atoms with Crippen LogP contribution in [0.15, 0.2) is 24.4 Å². The number of carbonyl (C=O) groups is 1. The quantitative estimate of drug-likeness (QED) is 0.738. The smallest absolute Gasteiger partial charge is 0.269 e. The highest BCUT2D eigenvalue weighted by atomic mass is 32.1. The summed E-state index contributed by atoms with van der Waals surface area (Å²) in [6, 6.07) is 5.68. The van der Waals surface area contributed by atoms with Crippen LogP contribution in [0.3, 0.4) is 0 Å². The van der Waals surface area contributed by atoms with E-state index in [-0.39, 0.29) is 5.69 Å². The number of aromatic amines is 1. The molecule has 0 bridgehead atoms. The third kappa shape index (κ3) is 1.67. The van der Waals surface area contributed by atoms with Crippen molar-refractivity contribution in [2.24, 2.45) is 5.73 Å². The van der Waals surface area contributed by atoms with Crippen molar-refractivity contribution in [3.63, 3.8) is 0 Å². The molecule has 3 N–H and O–H groups in total. The van der Waals surface area contributed by atoms with Gasteiger partial charge in [0.1, 0.15) is 5.01 Å². The third-order valence-electron chi connectivity index (χ3n) is 2.66. The number of primary amides is 1. The molecule has 0 fully saturated rings. The number of amides is 1. The number of carbonyl (C=O) groups excluding carboxylic acids is 1. The summed E-state index contributed by atoms with van der Waals surface area (Å²) >= 11 is 1.63. The maximum Gasteiger partial charge on any atom is 0.269 e. The second-order valence-corrected chi connectivity index (χ2v) is 5.21. The van der Waals surface area contributed by atoms with Crippen LogP contribution in [0.25, 0.3) is 21.5 Å². The van der Waals surface area contributed by atoms with Gasteiger partial charge < -0.3 is 5.73 Å². The molecule has 0 aliphatic heterocycles. The molecule has 0 atom stereocenters. The number of rotatable bonds is 2. The van der Waals surface area contributed by atoms with Gasteiger partial charge in [0.25, 0.3) is 5.91 Å². The Morgan fingerprint density at radius 2 is 2.28 bits per heavy atom. The Balaban J connectivity index is 2.15. The van der Waals surface area contributed by atoms with Gasteiger partial charge in [0.15, 0.2) is 5.69 Å². The number of aryl methyl sites for hydroxylation is 1. The van der Waals surface area contributed by atoms with Gasteiger partial charge in [0, 0.05) is 22.0 Å². The highest BCUT2D eigenvalue weighted by Crippen LogP contribution is 2.27. The van der Waals surface area contributed by atoms with Gasteiger partial charge in [-0.05, 0) is 19.1 Å². The number of hydrogen-bond donors (Lipinski definition) is 2. The fraction of sp³-hybridized carbons (Fsp3) is 0.0833. The van der Waals surface area contributed by atoms with E-state index in [4.69, 9.17) is 5.73 Å². The van der Waals surface area contributed by atoms with E-state index in [0.717, 1.165) is 26.4 Å². The van der Waals surface area contributed by atoms with Crippen molar-refractivity contribution < 1.29 is 4.79 Å². The number of nitrogens with two attached hydrogens (primary N) is 1. The Hall–Kier alpha value is -2.21. The van der Waals surface area contributed by atoms with Crippen LogP contribution < -0.4 is 5.73 Å². The molecular formula is C12H10N4OS. The monoisotopic (exact) mass is 258 g/mol. The molecule has 2 heterocycles. The molecule has 6 heteroatoms. The highest BCUT2D eigenvalue weighted by molar-refractivity contribution is 7.14. The van der Waals surface area contributed by atoms with Crippen LogP contribution in [0.1, 0.15) is 15.4 Å². The number of hydrogen-bond acceptors (Lipinski definition) is 4. The maximum absolute atomic E-state index is 11.2. The van der Waals surface area contributed by atoms with E-state index in [2.05, 4.69) is 15.2 Å². The molecule has 2 aromatic heterocycles. The third-order valence-corrected chi connectivity index (χ3v) is 3.63. The molecule has 0 saturated carbocycles. The van der Waals surface area contributed by atoms with Crippen LogP contribution in [0.2, 0.25) is 0 Å². The largest absolute Gasteiger partial charge is 0.364 e. The first-order chi connectivity index (χ1) is 8.65. The SMILES string of the molecule is Cc1cnc(-c2ccc3c(C(N)=O)n[nH]c3c2)s1. The first-order valence-electron chi connectivity index (χ1n) is 5.36. The van der Waals surface area contributed by atoms with Crippen molar-refractivity contribution in [2.75, 3.05) is 0 Å². The molecule has 1 amide bonds. The average molecular weight is 258 g/mol. The van der Waals surface area contributed by atoms with Gasteiger partial charge in [-0.15, -0.1) is 11.3 Å². The zero-order valence-electron chi connectivity index (χ0n) is 9.60. The highest BCUT2D eigenvalue weighted by Gasteiger charge is 2.12. The lowest BCUT2D eigenvalue weighted by atomic mass is 10.1. The predicted molar refractivity (Wildman–Crippen MR) is 70.5 cm³/mol. The number of fused-ring (bicyclic) bond motifs is 1. The molecule has 18 heavy (non-hydrogen) atoms. The second kappa shape index (κ2) is 3.92. The maximum atomic E-state index is 11.2. The van der Waals surface area contributed by atoms with Crippen LogP contribution >= 0.6 is 11.3 Å². The molecular weight excluding hydrogens is 248 g/mol. The summed E-state index contributed by atoms with van der Waals surface area (Å²) in [4.78, 5) is 16.7. The Kier molecular flexibility index (Phi) is 2.38. The van der Waals surface area contributed by atoms with Crippen molar-refractivity contribution in [3.8, 4) is 10.6 Å². The van der Waals surface area contributed by atoms with Crippen molar-refractivity contribution in [1.29, 1.82) is 0 Å². The fourth-order valence-corrected chi connectivity index (χ4v) is 2.59. The molecule has 1 aromatic carbocycles. The van der Waals surface area contributed by atoms with Crippen LogP contribution in [0.4, 0.5) is 0 Å². The van der Waals surface area contributed by atoms with E-state index in [1.165, 1.54) is 0 Å². The Labute approximate surface area is 107 Å². The van der Waals surface area contributed by atoms with Gasteiger partial charge >= 0.3 is 0 Å². The van der Waals surface area contributed by atoms with Gasteiger partial charge in [-0.1, -0.05) is 6.07 Å². The summed E-state index contributed by atoms with van der Waals surface area (Å²) in [6.07, 6.45) is 1.84. The van der Waals surface area contributed by atoms with Crippen LogP contribution in [-0.2, 0) is 0 Å². The number of aromatic nitrogens is 3. The van der Waals surface area contributed by atoms with Gasteiger partial charge in [0.2, 0.25) is 0 Å². The lowest BCUT2D eigenvalue weighted by Crippen LogP contribution is -2.11. The number of nitrogens with one attached hydrogen (secondary N) is 1. The summed E-state index contributed by atoms with van der Waals surface area (Å²) in [6.45, 7) is 2.01. The molecule has 0 aliphatic rings. The minimum atomic E-state index is -0.529. The normalized spacial score (nSPS) is 10.9. The van der Waals surface area contributed by atoms with Crippen LogP contribution in [0.5, 0.6) is 0 Å². The first-order valence-corrected chi connectivity index (χ1v) is 6.17.